The van der Waals surface area contributed by atoms with Crippen molar-refractivity contribution in [1.29, 1.82) is 0 Å². The monoisotopic (exact) mass is 415 g/mol. The number of carbonyl (C=O) groups excluding carboxylic acids is 1. The number of benzene rings is 2. The highest BCUT2D eigenvalue weighted by Gasteiger charge is 2.35. The van der Waals surface area contributed by atoms with Crippen LogP contribution in [0.1, 0.15) is 34.0 Å². The Balaban J connectivity index is 1.58. The standard InChI is InChI=1S/C24H22FN5O/c1-14-10-15(2)12-18(11-14)28-24(31)30-9-6-19-20(29-23-21(19)26-7-8-27-23)22(30)16-4-3-5-17(25)13-16/h3-5,7-8,10-13,22H,6,9H2,1-2H3,(H,27,29)(H,28,31). The zero-order valence-electron chi connectivity index (χ0n) is 17.3. The first-order chi connectivity index (χ1) is 15.0. The van der Waals surface area contributed by atoms with Crippen LogP contribution in [-0.2, 0) is 6.42 Å². The summed E-state index contributed by atoms with van der Waals surface area (Å²) >= 11 is 0. The van der Waals surface area contributed by atoms with Gasteiger partial charge in [0.2, 0.25) is 0 Å². The summed E-state index contributed by atoms with van der Waals surface area (Å²) in [5.41, 5.74) is 6.91. The Morgan fingerprint density at radius 1 is 1.13 bits per heavy atom. The van der Waals surface area contributed by atoms with E-state index in [1.807, 2.05) is 32.0 Å². The molecular formula is C24H22FN5O. The third kappa shape index (κ3) is 3.52. The summed E-state index contributed by atoms with van der Waals surface area (Å²) in [6, 6.07) is 11.6. The number of hydrogen-bond acceptors (Lipinski definition) is 3. The second kappa shape index (κ2) is 7.50. The number of nitrogens with one attached hydrogen (secondary N) is 2. The van der Waals surface area contributed by atoms with Crippen molar-refractivity contribution in [1.82, 2.24) is 19.9 Å². The molecule has 2 aromatic carbocycles. The summed E-state index contributed by atoms with van der Waals surface area (Å²) in [5, 5.41) is 3.02. The molecule has 0 radical (unpaired) electrons. The highest BCUT2D eigenvalue weighted by molar-refractivity contribution is 5.91. The van der Waals surface area contributed by atoms with Gasteiger partial charge in [0.05, 0.1) is 6.04 Å². The number of urea groups is 1. The minimum Gasteiger partial charge on any atom is -0.339 e. The molecule has 1 atom stereocenters. The number of aromatic nitrogens is 3. The lowest BCUT2D eigenvalue weighted by Crippen LogP contribution is -2.43. The van der Waals surface area contributed by atoms with E-state index in [0.717, 1.165) is 33.6 Å². The van der Waals surface area contributed by atoms with Gasteiger partial charge >= 0.3 is 6.03 Å². The van der Waals surface area contributed by atoms with Gasteiger partial charge in [-0.05, 0) is 61.2 Å². The third-order valence-corrected chi connectivity index (χ3v) is 5.65. The van der Waals surface area contributed by atoms with Crippen molar-refractivity contribution < 1.29 is 9.18 Å². The predicted molar refractivity (Wildman–Crippen MR) is 117 cm³/mol. The number of hydrogen-bond donors (Lipinski definition) is 2. The quantitative estimate of drug-likeness (QED) is 0.489. The molecule has 0 bridgehead atoms. The summed E-state index contributed by atoms with van der Waals surface area (Å²) in [4.78, 5) is 27.3. The lowest BCUT2D eigenvalue weighted by atomic mass is 9.93. The lowest BCUT2D eigenvalue weighted by Gasteiger charge is -2.36. The summed E-state index contributed by atoms with van der Waals surface area (Å²) in [6.07, 6.45) is 3.93. The molecule has 0 fully saturated rings. The molecule has 156 valence electrons. The van der Waals surface area contributed by atoms with E-state index < -0.39 is 6.04 Å². The van der Waals surface area contributed by atoms with E-state index in [-0.39, 0.29) is 11.8 Å². The molecule has 7 heteroatoms. The largest absolute Gasteiger partial charge is 0.339 e. The maximum atomic E-state index is 14.1. The Labute approximate surface area is 179 Å². The van der Waals surface area contributed by atoms with E-state index in [4.69, 9.17) is 0 Å². The van der Waals surface area contributed by atoms with Crippen LogP contribution in [-0.4, -0.2) is 32.4 Å². The van der Waals surface area contributed by atoms with Crippen LogP contribution in [0.4, 0.5) is 14.9 Å². The molecule has 2 amide bonds. The Morgan fingerprint density at radius 3 is 2.68 bits per heavy atom. The van der Waals surface area contributed by atoms with Gasteiger partial charge in [-0.25, -0.2) is 14.2 Å². The highest BCUT2D eigenvalue weighted by Crippen LogP contribution is 2.37. The summed E-state index contributed by atoms with van der Waals surface area (Å²) in [6.45, 7) is 4.47. The van der Waals surface area contributed by atoms with E-state index >= 15 is 0 Å². The van der Waals surface area contributed by atoms with Crippen LogP contribution in [0.15, 0.2) is 54.9 Å². The van der Waals surface area contributed by atoms with Crippen molar-refractivity contribution in [3.8, 4) is 0 Å². The van der Waals surface area contributed by atoms with E-state index in [2.05, 4.69) is 26.3 Å². The van der Waals surface area contributed by atoms with Crippen LogP contribution >= 0.6 is 0 Å². The number of fused-ring (bicyclic) bond motifs is 3. The molecule has 31 heavy (non-hydrogen) atoms. The van der Waals surface area contributed by atoms with Crippen molar-refractivity contribution in [2.45, 2.75) is 26.3 Å². The molecule has 2 aromatic heterocycles. The molecule has 0 spiro atoms. The molecule has 0 aliphatic carbocycles. The Kier molecular flexibility index (Phi) is 4.66. The minimum atomic E-state index is -0.471. The number of H-pyrrole nitrogens is 1. The van der Waals surface area contributed by atoms with E-state index in [9.17, 15) is 9.18 Å². The van der Waals surface area contributed by atoms with Gasteiger partial charge in [-0.1, -0.05) is 18.2 Å². The topological polar surface area (TPSA) is 73.9 Å². The lowest BCUT2D eigenvalue weighted by molar-refractivity contribution is 0.193. The summed E-state index contributed by atoms with van der Waals surface area (Å²) in [7, 11) is 0. The number of anilines is 1. The molecular weight excluding hydrogens is 393 g/mol. The second-order valence-electron chi connectivity index (χ2n) is 7.98. The smallest absolute Gasteiger partial charge is 0.322 e. The molecule has 5 rings (SSSR count). The highest BCUT2D eigenvalue weighted by atomic mass is 19.1. The van der Waals surface area contributed by atoms with Crippen molar-refractivity contribution in [3.05, 3.63) is 88.6 Å². The maximum Gasteiger partial charge on any atom is 0.322 e. The molecule has 0 saturated heterocycles. The predicted octanol–water partition coefficient (Wildman–Crippen LogP) is 4.89. The van der Waals surface area contributed by atoms with Crippen molar-refractivity contribution in [2.75, 3.05) is 11.9 Å². The van der Waals surface area contributed by atoms with Crippen LogP contribution in [0.3, 0.4) is 0 Å². The van der Waals surface area contributed by atoms with Gasteiger partial charge in [0, 0.05) is 35.9 Å². The molecule has 2 N–H and O–H groups in total. The fourth-order valence-corrected chi connectivity index (χ4v) is 4.47. The SMILES string of the molecule is Cc1cc(C)cc(NC(=O)N2CCc3c([nH]c4nccnc34)C2c2cccc(F)c2)c1. The zero-order chi connectivity index (χ0) is 21.5. The van der Waals surface area contributed by atoms with Crippen molar-refractivity contribution in [3.63, 3.8) is 0 Å². The molecule has 1 aliphatic rings. The normalized spacial score (nSPS) is 15.7. The molecule has 6 nitrogen and oxygen atoms in total. The van der Waals surface area contributed by atoms with Gasteiger partial charge in [0.25, 0.3) is 0 Å². The van der Waals surface area contributed by atoms with Gasteiger partial charge in [0.1, 0.15) is 11.3 Å². The van der Waals surface area contributed by atoms with Crippen molar-refractivity contribution >= 4 is 22.9 Å². The number of aryl methyl sites for hydroxylation is 2. The first-order valence-corrected chi connectivity index (χ1v) is 10.2. The van der Waals surface area contributed by atoms with Crippen LogP contribution < -0.4 is 5.32 Å². The van der Waals surface area contributed by atoms with Crippen LogP contribution in [0, 0.1) is 19.7 Å². The van der Waals surface area contributed by atoms with Crippen LogP contribution in [0.2, 0.25) is 0 Å². The summed E-state index contributed by atoms with van der Waals surface area (Å²) in [5.74, 6) is -0.341. The Morgan fingerprint density at radius 2 is 1.90 bits per heavy atom. The van der Waals surface area contributed by atoms with E-state index in [1.54, 1.807) is 23.4 Å². The first-order valence-electron chi connectivity index (χ1n) is 10.2. The molecule has 1 unspecified atom stereocenters. The van der Waals surface area contributed by atoms with Gasteiger partial charge in [0.15, 0.2) is 5.65 Å². The molecule has 0 saturated carbocycles. The zero-order valence-corrected chi connectivity index (χ0v) is 17.3. The Hall–Kier alpha value is -3.74. The van der Waals surface area contributed by atoms with Gasteiger partial charge in [-0.2, -0.15) is 0 Å². The fourth-order valence-electron chi connectivity index (χ4n) is 4.47. The van der Waals surface area contributed by atoms with Gasteiger partial charge in [-0.3, -0.25) is 4.98 Å². The second-order valence-corrected chi connectivity index (χ2v) is 7.98. The van der Waals surface area contributed by atoms with E-state index in [0.29, 0.717) is 24.2 Å². The average Bonchev–Trinajstić information content (AvgIpc) is 3.11. The number of aromatic amines is 1. The van der Waals surface area contributed by atoms with E-state index in [1.165, 1.54) is 12.1 Å². The van der Waals surface area contributed by atoms with Crippen molar-refractivity contribution in [2.24, 2.45) is 0 Å². The maximum absolute atomic E-state index is 14.1. The van der Waals surface area contributed by atoms with Crippen LogP contribution in [0.5, 0.6) is 0 Å². The van der Waals surface area contributed by atoms with Crippen LogP contribution in [0.25, 0.3) is 11.2 Å². The number of amides is 2. The molecule has 4 aromatic rings. The fraction of sp³-hybridized carbons (Fsp3) is 0.208. The minimum absolute atomic E-state index is 0.232. The number of halogens is 1. The number of nitrogens with zero attached hydrogens (tertiary/aromatic N) is 3. The number of rotatable bonds is 2. The Bertz CT molecular complexity index is 1280. The third-order valence-electron chi connectivity index (χ3n) is 5.65. The van der Waals surface area contributed by atoms with Gasteiger partial charge < -0.3 is 15.2 Å². The molecule has 1 aliphatic heterocycles. The average molecular weight is 415 g/mol. The number of carbonyl (C=O) groups is 1. The first kappa shape index (κ1) is 19.2. The van der Waals surface area contributed by atoms with Gasteiger partial charge in [-0.15, -0.1) is 0 Å². The molecule has 3 heterocycles. The summed E-state index contributed by atoms with van der Waals surface area (Å²) < 4.78 is 14.1.